The monoisotopic (exact) mass is 310 g/mol. The van der Waals surface area contributed by atoms with E-state index >= 15 is 0 Å². The topological polar surface area (TPSA) is 0 Å². The van der Waals surface area contributed by atoms with Crippen molar-refractivity contribution in [2.24, 2.45) is 5.92 Å². The molecule has 3 rings (SSSR count). The van der Waals surface area contributed by atoms with Crippen molar-refractivity contribution < 1.29 is 4.39 Å². The molecule has 23 heavy (non-hydrogen) atoms. The van der Waals surface area contributed by atoms with Crippen LogP contribution in [0.15, 0.2) is 36.4 Å². The van der Waals surface area contributed by atoms with Crippen LogP contribution < -0.4 is 0 Å². The van der Waals surface area contributed by atoms with E-state index in [9.17, 15) is 4.39 Å². The zero-order chi connectivity index (χ0) is 16.2. The number of fused-ring (bicyclic) bond motifs is 1. The Morgan fingerprint density at radius 2 is 1.70 bits per heavy atom. The molecule has 0 aromatic heterocycles. The molecule has 0 saturated carbocycles. The van der Waals surface area contributed by atoms with Gasteiger partial charge >= 0.3 is 0 Å². The van der Waals surface area contributed by atoms with Crippen molar-refractivity contribution in [2.75, 3.05) is 0 Å². The molecule has 0 spiro atoms. The SMILES string of the molecule is CCc1ccc(CCC2CCc3cc(CC)ccc3C2)c(F)c1. The first-order valence-corrected chi connectivity index (χ1v) is 9.07. The minimum absolute atomic E-state index is 0.0202. The van der Waals surface area contributed by atoms with E-state index in [1.165, 1.54) is 24.0 Å². The molecular formula is C22H27F. The van der Waals surface area contributed by atoms with E-state index in [-0.39, 0.29) is 5.82 Å². The predicted molar refractivity (Wildman–Crippen MR) is 95.4 cm³/mol. The van der Waals surface area contributed by atoms with E-state index < -0.39 is 0 Å². The normalized spacial score (nSPS) is 17.1. The summed E-state index contributed by atoms with van der Waals surface area (Å²) in [6.07, 6.45) is 7.56. The Morgan fingerprint density at radius 1 is 0.957 bits per heavy atom. The number of aryl methyl sites for hydroxylation is 4. The van der Waals surface area contributed by atoms with E-state index in [2.05, 4.69) is 38.1 Å². The Hall–Kier alpha value is -1.63. The molecule has 1 heteroatoms. The van der Waals surface area contributed by atoms with Crippen molar-refractivity contribution in [3.63, 3.8) is 0 Å². The van der Waals surface area contributed by atoms with Gasteiger partial charge < -0.3 is 0 Å². The molecule has 1 atom stereocenters. The fourth-order valence-corrected chi connectivity index (χ4v) is 3.72. The Balaban J connectivity index is 1.61. The third kappa shape index (κ3) is 3.83. The van der Waals surface area contributed by atoms with Crippen LogP contribution in [0.2, 0.25) is 0 Å². The van der Waals surface area contributed by atoms with Gasteiger partial charge in [0.2, 0.25) is 0 Å². The standard InChI is InChI=1S/C22H27F/c1-3-16-6-11-21-14-18(8-12-20(21)13-16)7-10-19-9-5-17(4-2)15-22(19)23/h5-6,9,11,13,15,18H,3-4,7-8,10,12,14H2,1-2H3. The van der Waals surface area contributed by atoms with E-state index in [0.29, 0.717) is 5.92 Å². The Bertz CT molecular complexity index is 672. The molecule has 0 aliphatic heterocycles. The molecular weight excluding hydrogens is 283 g/mol. The Morgan fingerprint density at radius 3 is 2.43 bits per heavy atom. The molecule has 1 unspecified atom stereocenters. The number of hydrogen-bond donors (Lipinski definition) is 0. The summed E-state index contributed by atoms with van der Waals surface area (Å²) < 4.78 is 14.1. The molecule has 0 radical (unpaired) electrons. The van der Waals surface area contributed by atoms with Gasteiger partial charge in [-0.1, -0.05) is 44.2 Å². The van der Waals surface area contributed by atoms with E-state index in [0.717, 1.165) is 43.2 Å². The van der Waals surface area contributed by atoms with Crippen LogP contribution in [0.1, 0.15) is 54.5 Å². The lowest BCUT2D eigenvalue weighted by Crippen LogP contribution is -2.15. The molecule has 0 bridgehead atoms. The van der Waals surface area contributed by atoms with E-state index in [4.69, 9.17) is 0 Å². The third-order valence-corrected chi connectivity index (χ3v) is 5.36. The summed E-state index contributed by atoms with van der Waals surface area (Å²) in [5.41, 5.74) is 6.47. The van der Waals surface area contributed by atoms with Crippen molar-refractivity contribution in [1.82, 2.24) is 0 Å². The van der Waals surface area contributed by atoms with Crippen LogP contribution in [0.5, 0.6) is 0 Å². The average molecular weight is 310 g/mol. The number of rotatable bonds is 5. The van der Waals surface area contributed by atoms with Gasteiger partial charge in [-0.15, -0.1) is 0 Å². The van der Waals surface area contributed by atoms with Crippen LogP contribution in [0.25, 0.3) is 0 Å². The summed E-state index contributed by atoms with van der Waals surface area (Å²) in [6.45, 7) is 4.28. The number of benzene rings is 2. The molecule has 0 amide bonds. The second-order valence-corrected chi connectivity index (χ2v) is 6.88. The van der Waals surface area contributed by atoms with Gasteiger partial charge in [-0.25, -0.2) is 4.39 Å². The smallest absolute Gasteiger partial charge is 0.126 e. The van der Waals surface area contributed by atoms with Crippen molar-refractivity contribution in [1.29, 1.82) is 0 Å². The van der Waals surface area contributed by atoms with Crippen LogP contribution >= 0.6 is 0 Å². The summed E-state index contributed by atoms with van der Waals surface area (Å²) in [5.74, 6) is 0.674. The minimum atomic E-state index is -0.0202. The molecule has 1 aliphatic rings. The van der Waals surface area contributed by atoms with Gasteiger partial charge in [0.05, 0.1) is 0 Å². The molecule has 0 N–H and O–H groups in total. The van der Waals surface area contributed by atoms with Gasteiger partial charge in [-0.2, -0.15) is 0 Å². The molecule has 0 heterocycles. The maximum atomic E-state index is 14.1. The van der Waals surface area contributed by atoms with Crippen LogP contribution in [0.3, 0.4) is 0 Å². The molecule has 0 nitrogen and oxygen atoms in total. The molecule has 0 fully saturated rings. The summed E-state index contributed by atoms with van der Waals surface area (Å²) in [4.78, 5) is 0. The van der Waals surface area contributed by atoms with E-state index in [1.807, 2.05) is 6.07 Å². The number of halogens is 1. The van der Waals surface area contributed by atoms with E-state index in [1.54, 1.807) is 11.6 Å². The second kappa shape index (κ2) is 7.29. The maximum absolute atomic E-state index is 14.1. The van der Waals surface area contributed by atoms with Gasteiger partial charge in [0, 0.05) is 0 Å². The van der Waals surface area contributed by atoms with Crippen molar-refractivity contribution in [2.45, 2.75) is 58.8 Å². The van der Waals surface area contributed by atoms with Crippen LogP contribution in [-0.4, -0.2) is 0 Å². The van der Waals surface area contributed by atoms with Gasteiger partial charge in [0.25, 0.3) is 0 Å². The molecule has 2 aromatic rings. The quantitative estimate of drug-likeness (QED) is 0.665. The Kier molecular flexibility index (Phi) is 5.15. The maximum Gasteiger partial charge on any atom is 0.126 e. The lowest BCUT2D eigenvalue weighted by atomic mass is 9.80. The van der Waals surface area contributed by atoms with Crippen LogP contribution in [0.4, 0.5) is 4.39 Å². The zero-order valence-corrected chi connectivity index (χ0v) is 14.4. The molecule has 2 aromatic carbocycles. The van der Waals surface area contributed by atoms with Crippen molar-refractivity contribution in [3.05, 3.63) is 70.0 Å². The lowest BCUT2D eigenvalue weighted by Gasteiger charge is -2.25. The largest absolute Gasteiger partial charge is 0.207 e. The minimum Gasteiger partial charge on any atom is -0.207 e. The van der Waals surface area contributed by atoms with Gasteiger partial charge in [0.15, 0.2) is 0 Å². The first-order valence-electron chi connectivity index (χ1n) is 9.07. The van der Waals surface area contributed by atoms with Gasteiger partial charge in [-0.3, -0.25) is 0 Å². The zero-order valence-electron chi connectivity index (χ0n) is 14.4. The van der Waals surface area contributed by atoms with Crippen molar-refractivity contribution >= 4 is 0 Å². The average Bonchev–Trinajstić information content (AvgIpc) is 2.60. The highest BCUT2D eigenvalue weighted by Gasteiger charge is 2.19. The number of hydrogen-bond acceptors (Lipinski definition) is 0. The van der Waals surface area contributed by atoms with Crippen LogP contribution in [0, 0.1) is 11.7 Å². The first-order chi connectivity index (χ1) is 11.2. The highest BCUT2D eigenvalue weighted by molar-refractivity contribution is 5.34. The van der Waals surface area contributed by atoms with Gasteiger partial charge in [-0.05, 0) is 84.7 Å². The highest BCUT2D eigenvalue weighted by Crippen LogP contribution is 2.29. The summed E-state index contributed by atoms with van der Waals surface area (Å²) in [6, 6.07) is 12.7. The van der Waals surface area contributed by atoms with Crippen LogP contribution in [-0.2, 0) is 32.1 Å². The second-order valence-electron chi connectivity index (χ2n) is 6.88. The van der Waals surface area contributed by atoms with Gasteiger partial charge in [0.1, 0.15) is 5.82 Å². The Labute approximate surface area is 139 Å². The molecule has 122 valence electrons. The third-order valence-electron chi connectivity index (χ3n) is 5.36. The predicted octanol–water partition coefficient (Wildman–Crippen LogP) is 5.69. The van der Waals surface area contributed by atoms with Crippen molar-refractivity contribution in [3.8, 4) is 0 Å². The lowest BCUT2D eigenvalue weighted by molar-refractivity contribution is 0.423. The summed E-state index contributed by atoms with van der Waals surface area (Å²) in [7, 11) is 0. The summed E-state index contributed by atoms with van der Waals surface area (Å²) >= 11 is 0. The fraction of sp³-hybridized carbons (Fsp3) is 0.455. The molecule has 1 aliphatic carbocycles. The summed E-state index contributed by atoms with van der Waals surface area (Å²) in [5, 5.41) is 0. The molecule has 0 saturated heterocycles. The fourth-order valence-electron chi connectivity index (χ4n) is 3.72. The highest BCUT2D eigenvalue weighted by atomic mass is 19.1. The first kappa shape index (κ1) is 16.2.